The van der Waals surface area contributed by atoms with Crippen molar-refractivity contribution in [3.63, 3.8) is 0 Å². The molecule has 1 aliphatic rings. The smallest absolute Gasteiger partial charge is 0.154 e. The fourth-order valence-electron chi connectivity index (χ4n) is 2.98. The molecule has 0 amide bonds. The molecular weight excluding hydrogens is 312 g/mol. The first-order valence-corrected chi connectivity index (χ1v) is 8.01. The van der Waals surface area contributed by atoms with Gasteiger partial charge in [0.05, 0.1) is 10.7 Å². The number of pyridine rings is 1. The van der Waals surface area contributed by atoms with E-state index in [4.69, 9.17) is 11.6 Å². The Morgan fingerprint density at radius 2 is 1.83 bits per heavy atom. The molecule has 0 N–H and O–H groups in total. The van der Waals surface area contributed by atoms with Crippen molar-refractivity contribution < 1.29 is 0 Å². The Hall–Kier alpha value is -2.34. The predicted octanol–water partition coefficient (Wildman–Crippen LogP) is 2.41. The Labute approximate surface area is 139 Å². The van der Waals surface area contributed by atoms with Gasteiger partial charge in [-0.2, -0.15) is 5.10 Å². The Bertz CT molecular complexity index is 820. The Balaban J connectivity index is 1.53. The molecule has 0 spiro atoms. The number of hydrogen-bond donors (Lipinski definition) is 0. The third-order valence-corrected chi connectivity index (χ3v) is 4.33. The summed E-state index contributed by atoms with van der Waals surface area (Å²) in [5.74, 6) is 1.97. The second-order valence-electron chi connectivity index (χ2n) is 5.68. The third kappa shape index (κ3) is 2.70. The van der Waals surface area contributed by atoms with Crippen molar-refractivity contribution in [3.05, 3.63) is 47.5 Å². The van der Waals surface area contributed by atoms with Gasteiger partial charge in [0.2, 0.25) is 0 Å². The van der Waals surface area contributed by atoms with Crippen LogP contribution in [0.2, 0.25) is 5.02 Å². The average Bonchev–Trinajstić information content (AvgIpc) is 2.96. The van der Waals surface area contributed by atoms with Crippen LogP contribution in [0.1, 0.15) is 5.69 Å². The molecule has 0 aliphatic carbocycles. The molecule has 0 saturated carbocycles. The van der Waals surface area contributed by atoms with Gasteiger partial charge < -0.3 is 9.80 Å². The maximum atomic E-state index is 5.91. The molecule has 6 nitrogen and oxygen atoms in total. The minimum absolute atomic E-state index is 0.666. The van der Waals surface area contributed by atoms with E-state index in [-0.39, 0.29) is 0 Å². The van der Waals surface area contributed by atoms with E-state index in [2.05, 4.69) is 30.9 Å². The summed E-state index contributed by atoms with van der Waals surface area (Å²) in [5.41, 5.74) is 2.06. The molecular formula is C16H17ClN6. The van der Waals surface area contributed by atoms with E-state index in [0.717, 1.165) is 49.0 Å². The minimum atomic E-state index is 0.666. The van der Waals surface area contributed by atoms with Crippen LogP contribution in [0.5, 0.6) is 0 Å². The van der Waals surface area contributed by atoms with Crippen molar-refractivity contribution in [2.24, 2.45) is 0 Å². The van der Waals surface area contributed by atoms with Gasteiger partial charge >= 0.3 is 0 Å². The monoisotopic (exact) mass is 328 g/mol. The topological polar surface area (TPSA) is 49.6 Å². The highest BCUT2D eigenvalue weighted by Crippen LogP contribution is 2.22. The first-order chi connectivity index (χ1) is 11.2. The fourth-order valence-corrected chi connectivity index (χ4v) is 3.09. The van der Waals surface area contributed by atoms with Crippen molar-refractivity contribution >= 4 is 28.8 Å². The SMILES string of the molecule is Cc1cc2c(N3CCN(c4ccc(Cl)cn4)CC3)nccn2n1. The van der Waals surface area contributed by atoms with Crippen LogP contribution in [0.4, 0.5) is 11.6 Å². The van der Waals surface area contributed by atoms with Crippen LogP contribution in [0.15, 0.2) is 36.8 Å². The number of hydrogen-bond acceptors (Lipinski definition) is 5. The summed E-state index contributed by atoms with van der Waals surface area (Å²) in [5, 5.41) is 5.12. The van der Waals surface area contributed by atoms with Gasteiger partial charge in [-0.1, -0.05) is 11.6 Å². The molecule has 0 atom stereocenters. The van der Waals surface area contributed by atoms with Gasteiger partial charge in [-0.15, -0.1) is 0 Å². The Kier molecular flexibility index (Phi) is 3.53. The van der Waals surface area contributed by atoms with Crippen molar-refractivity contribution in [1.29, 1.82) is 0 Å². The van der Waals surface area contributed by atoms with E-state index in [1.165, 1.54) is 0 Å². The lowest BCUT2D eigenvalue weighted by Crippen LogP contribution is -2.47. The summed E-state index contributed by atoms with van der Waals surface area (Å²) in [6.45, 7) is 5.62. The van der Waals surface area contributed by atoms with E-state index < -0.39 is 0 Å². The van der Waals surface area contributed by atoms with E-state index in [1.54, 1.807) is 6.20 Å². The molecule has 0 bridgehead atoms. The van der Waals surface area contributed by atoms with Gasteiger partial charge in [-0.25, -0.2) is 14.5 Å². The number of nitrogens with zero attached hydrogens (tertiary/aromatic N) is 6. The quantitative estimate of drug-likeness (QED) is 0.723. The van der Waals surface area contributed by atoms with E-state index >= 15 is 0 Å². The van der Waals surface area contributed by atoms with Crippen LogP contribution >= 0.6 is 11.6 Å². The van der Waals surface area contributed by atoms with Gasteiger partial charge in [0.25, 0.3) is 0 Å². The van der Waals surface area contributed by atoms with Gasteiger partial charge in [-0.05, 0) is 25.1 Å². The summed E-state index contributed by atoms with van der Waals surface area (Å²) in [7, 11) is 0. The van der Waals surface area contributed by atoms with Crippen LogP contribution in [-0.4, -0.2) is 45.8 Å². The minimum Gasteiger partial charge on any atom is -0.353 e. The molecule has 23 heavy (non-hydrogen) atoms. The molecule has 0 radical (unpaired) electrons. The number of aryl methyl sites for hydroxylation is 1. The Morgan fingerprint density at radius 3 is 2.57 bits per heavy atom. The molecule has 1 aliphatic heterocycles. The highest BCUT2D eigenvalue weighted by Gasteiger charge is 2.21. The lowest BCUT2D eigenvalue weighted by atomic mass is 10.3. The molecule has 4 heterocycles. The van der Waals surface area contributed by atoms with Crippen LogP contribution in [0.3, 0.4) is 0 Å². The first kappa shape index (κ1) is 14.3. The van der Waals surface area contributed by atoms with Gasteiger partial charge in [0, 0.05) is 44.8 Å². The van der Waals surface area contributed by atoms with Crippen molar-refractivity contribution in [2.75, 3.05) is 36.0 Å². The summed E-state index contributed by atoms with van der Waals surface area (Å²) >= 11 is 5.91. The molecule has 118 valence electrons. The molecule has 1 saturated heterocycles. The van der Waals surface area contributed by atoms with Crippen LogP contribution in [-0.2, 0) is 0 Å². The third-order valence-electron chi connectivity index (χ3n) is 4.11. The number of halogens is 1. The van der Waals surface area contributed by atoms with Crippen LogP contribution < -0.4 is 9.80 Å². The molecule has 4 rings (SSSR count). The van der Waals surface area contributed by atoms with Crippen LogP contribution in [0.25, 0.3) is 5.52 Å². The van der Waals surface area contributed by atoms with Crippen molar-refractivity contribution in [2.45, 2.75) is 6.92 Å². The molecule has 0 aromatic carbocycles. The Morgan fingerprint density at radius 1 is 1.04 bits per heavy atom. The molecule has 0 unspecified atom stereocenters. The summed E-state index contributed by atoms with van der Waals surface area (Å²) in [6, 6.07) is 5.93. The maximum Gasteiger partial charge on any atom is 0.154 e. The zero-order valence-electron chi connectivity index (χ0n) is 12.9. The number of rotatable bonds is 2. The number of aromatic nitrogens is 4. The summed E-state index contributed by atoms with van der Waals surface area (Å²) in [6.07, 6.45) is 5.39. The number of fused-ring (bicyclic) bond motifs is 1. The molecule has 7 heteroatoms. The fraction of sp³-hybridized carbons (Fsp3) is 0.312. The first-order valence-electron chi connectivity index (χ1n) is 7.63. The highest BCUT2D eigenvalue weighted by atomic mass is 35.5. The second kappa shape index (κ2) is 5.70. The van der Waals surface area contributed by atoms with E-state index in [1.807, 2.05) is 36.0 Å². The van der Waals surface area contributed by atoms with Crippen molar-refractivity contribution in [3.8, 4) is 0 Å². The van der Waals surface area contributed by atoms with Gasteiger partial charge in [-0.3, -0.25) is 0 Å². The normalized spacial score (nSPS) is 15.4. The molecule has 3 aromatic heterocycles. The standard InChI is InChI=1S/C16H17ClN6/c1-12-10-14-16(18-4-5-23(14)20-12)22-8-6-21(7-9-22)15-3-2-13(17)11-19-15/h2-5,10-11H,6-9H2,1H3. The average molecular weight is 329 g/mol. The zero-order valence-corrected chi connectivity index (χ0v) is 13.6. The lowest BCUT2D eigenvalue weighted by Gasteiger charge is -2.36. The highest BCUT2D eigenvalue weighted by molar-refractivity contribution is 6.30. The zero-order chi connectivity index (χ0) is 15.8. The number of anilines is 2. The van der Waals surface area contributed by atoms with E-state index in [0.29, 0.717) is 5.02 Å². The summed E-state index contributed by atoms with van der Waals surface area (Å²) < 4.78 is 1.89. The maximum absolute atomic E-state index is 5.91. The van der Waals surface area contributed by atoms with Gasteiger partial charge in [0.15, 0.2) is 5.82 Å². The van der Waals surface area contributed by atoms with Gasteiger partial charge in [0.1, 0.15) is 11.3 Å². The largest absolute Gasteiger partial charge is 0.353 e. The van der Waals surface area contributed by atoms with E-state index in [9.17, 15) is 0 Å². The number of piperazine rings is 1. The van der Waals surface area contributed by atoms with Crippen molar-refractivity contribution in [1.82, 2.24) is 19.6 Å². The molecule has 3 aromatic rings. The summed E-state index contributed by atoms with van der Waals surface area (Å²) in [4.78, 5) is 13.5. The molecule has 1 fully saturated rings. The lowest BCUT2D eigenvalue weighted by molar-refractivity contribution is 0.642. The second-order valence-corrected chi connectivity index (χ2v) is 6.11. The predicted molar refractivity (Wildman–Crippen MR) is 91.4 cm³/mol. The van der Waals surface area contributed by atoms with Crippen LogP contribution in [0, 0.1) is 6.92 Å².